The number of benzene rings is 2. The first-order chi connectivity index (χ1) is 16.3. The van der Waals surface area contributed by atoms with Gasteiger partial charge in [0.25, 0.3) is 6.29 Å². The van der Waals surface area contributed by atoms with E-state index in [1.807, 2.05) is 36.6 Å². The number of carbonyl (C=O) groups excluding carboxylic acids is 3. The Labute approximate surface area is 205 Å². The van der Waals surface area contributed by atoms with E-state index in [1.165, 1.54) is 6.42 Å². The second-order valence-corrected chi connectivity index (χ2v) is 8.25. The maximum absolute atomic E-state index is 12.0. The Morgan fingerprint density at radius 3 is 2.12 bits per heavy atom. The molecule has 0 radical (unpaired) electrons. The van der Waals surface area contributed by atoms with E-state index in [0.29, 0.717) is 5.75 Å². The number of hydrogen-bond acceptors (Lipinski definition) is 8. The highest BCUT2D eigenvalue weighted by molar-refractivity contribution is 7.98. The van der Waals surface area contributed by atoms with Gasteiger partial charge in [-0.1, -0.05) is 64.4 Å². The summed E-state index contributed by atoms with van der Waals surface area (Å²) >= 11 is 1.56. The molecule has 34 heavy (non-hydrogen) atoms. The van der Waals surface area contributed by atoms with Gasteiger partial charge in [0.05, 0.1) is 0 Å². The lowest BCUT2D eigenvalue weighted by Gasteiger charge is -2.21. The van der Waals surface area contributed by atoms with Gasteiger partial charge in [-0.15, -0.1) is 11.8 Å². The minimum Gasteiger partial charge on any atom is -0.445 e. The fourth-order valence-electron chi connectivity index (χ4n) is 2.24. The summed E-state index contributed by atoms with van der Waals surface area (Å²) in [4.78, 5) is 36.8. The lowest BCUT2D eigenvalue weighted by Crippen LogP contribution is -2.36. The molecule has 0 bridgehead atoms. The van der Waals surface area contributed by atoms with Crippen LogP contribution in [0.25, 0.3) is 0 Å². The molecule has 0 fully saturated rings. The van der Waals surface area contributed by atoms with E-state index in [-0.39, 0.29) is 12.5 Å². The van der Waals surface area contributed by atoms with Gasteiger partial charge in [-0.3, -0.25) is 4.79 Å². The number of amides is 1. The van der Waals surface area contributed by atoms with Gasteiger partial charge in [-0.25, -0.2) is 9.59 Å². The molecule has 0 heterocycles. The highest BCUT2D eigenvalue weighted by Crippen LogP contribution is 2.20. The number of nitrogens with one attached hydrogen (secondary N) is 1. The zero-order valence-corrected chi connectivity index (χ0v) is 21.1. The van der Waals surface area contributed by atoms with Crippen LogP contribution in [0.5, 0.6) is 5.75 Å². The van der Waals surface area contributed by atoms with Crippen LogP contribution < -0.4 is 10.1 Å². The average molecular weight is 492 g/mol. The minimum absolute atomic E-state index is 0.0726. The van der Waals surface area contributed by atoms with Gasteiger partial charge in [-0.05, 0) is 36.1 Å². The minimum atomic E-state index is -1.17. The van der Waals surface area contributed by atoms with Crippen LogP contribution in [0.3, 0.4) is 0 Å². The van der Waals surface area contributed by atoms with Gasteiger partial charge in [0, 0.05) is 10.8 Å². The molecule has 9 heteroatoms. The summed E-state index contributed by atoms with van der Waals surface area (Å²) < 4.78 is 20.3. The topological polar surface area (TPSA) is 100 Å². The summed E-state index contributed by atoms with van der Waals surface area (Å²) in [7, 11) is 0. The molecule has 186 valence electrons. The van der Waals surface area contributed by atoms with Crippen molar-refractivity contribution < 1.29 is 33.3 Å². The highest BCUT2D eigenvalue weighted by atomic mass is 32.2. The molecule has 8 nitrogen and oxygen atoms in total. The maximum Gasteiger partial charge on any atom is 0.516 e. The lowest BCUT2D eigenvalue weighted by molar-refractivity contribution is -0.176. The third kappa shape index (κ3) is 12.2. The predicted molar refractivity (Wildman–Crippen MR) is 131 cm³/mol. The monoisotopic (exact) mass is 491 g/mol. The van der Waals surface area contributed by atoms with E-state index in [4.69, 9.17) is 18.9 Å². The van der Waals surface area contributed by atoms with Gasteiger partial charge >= 0.3 is 18.2 Å². The Hall–Kier alpha value is -3.20. The number of thioether (sulfide) groups is 1. The van der Waals surface area contributed by atoms with E-state index in [9.17, 15) is 14.4 Å². The first kappa shape index (κ1) is 28.8. The molecule has 1 amide bonds. The molecule has 0 aliphatic carbocycles. The summed E-state index contributed by atoms with van der Waals surface area (Å²) in [6, 6.07) is 16.0. The van der Waals surface area contributed by atoms with Crippen LogP contribution in [0.4, 0.5) is 9.59 Å². The van der Waals surface area contributed by atoms with Crippen molar-refractivity contribution in [1.29, 1.82) is 0 Å². The fourth-order valence-corrected chi connectivity index (χ4v) is 2.65. The number of rotatable bonds is 9. The molecule has 0 aliphatic rings. The number of esters is 1. The Bertz CT molecular complexity index is 873. The molecule has 2 rings (SSSR count). The Morgan fingerprint density at radius 2 is 1.56 bits per heavy atom. The summed E-state index contributed by atoms with van der Waals surface area (Å²) in [6.07, 6.45) is 0.242. The van der Waals surface area contributed by atoms with Crippen LogP contribution in [-0.2, 0) is 25.6 Å². The molecular weight excluding hydrogens is 458 g/mol. The molecule has 0 saturated heterocycles. The number of alkyl carbamates (subject to hydrolysis) is 1. The van der Waals surface area contributed by atoms with Crippen molar-refractivity contribution in [2.75, 3.05) is 12.8 Å². The van der Waals surface area contributed by atoms with Crippen molar-refractivity contribution in [3.05, 3.63) is 60.2 Å². The van der Waals surface area contributed by atoms with Crippen molar-refractivity contribution in [3.63, 3.8) is 0 Å². The Kier molecular flexibility index (Phi) is 13.9. The standard InChI is InChI=1S/C22H25NO7S.C3H8/c1-15(2)20(30-22(26)28-17-9-11-18(31-3)12-10-17)29-19(24)13-23-21(25)27-14-16-7-5-4-6-8-16;1-3-2/h4-12,15,20H,13-14H2,1-3H3,(H,23,25);3H2,1-2H3. The van der Waals surface area contributed by atoms with Crippen molar-refractivity contribution in [2.24, 2.45) is 5.92 Å². The average Bonchev–Trinajstić information content (AvgIpc) is 2.82. The van der Waals surface area contributed by atoms with E-state index < -0.39 is 31.1 Å². The van der Waals surface area contributed by atoms with Crippen LogP contribution in [0, 0.1) is 5.92 Å². The number of carbonyl (C=O) groups is 3. The Balaban J connectivity index is 0.00000182. The van der Waals surface area contributed by atoms with Gasteiger partial charge in [0.1, 0.15) is 18.9 Å². The molecule has 1 unspecified atom stereocenters. The molecule has 0 saturated carbocycles. The third-order valence-electron chi connectivity index (χ3n) is 3.85. The van der Waals surface area contributed by atoms with Crippen molar-refractivity contribution in [2.45, 2.75) is 51.9 Å². The van der Waals surface area contributed by atoms with Gasteiger partial charge in [0.2, 0.25) is 0 Å². The van der Waals surface area contributed by atoms with Crippen LogP contribution in [0.2, 0.25) is 0 Å². The van der Waals surface area contributed by atoms with E-state index in [2.05, 4.69) is 19.2 Å². The van der Waals surface area contributed by atoms with Crippen LogP contribution >= 0.6 is 11.8 Å². The quantitative estimate of drug-likeness (QED) is 0.204. The van der Waals surface area contributed by atoms with Crippen molar-refractivity contribution >= 4 is 30.0 Å². The summed E-state index contributed by atoms with van der Waals surface area (Å²) in [5.74, 6) is -0.813. The van der Waals surface area contributed by atoms with Gasteiger partial charge < -0.3 is 24.3 Å². The summed E-state index contributed by atoms with van der Waals surface area (Å²) in [6.45, 7) is 7.30. The van der Waals surface area contributed by atoms with E-state index in [1.54, 1.807) is 49.9 Å². The molecule has 2 aromatic carbocycles. The first-order valence-electron chi connectivity index (χ1n) is 11.0. The number of hydrogen-bond donors (Lipinski definition) is 1. The fraction of sp³-hybridized carbons (Fsp3) is 0.400. The van der Waals surface area contributed by atoms with Crippen molar-refractivity contribution in [1.82, 2.24) is 5.32 Å². The third-order valence-corrected chi connectivity index (χ3v) is 4.60. The van der Waals surface area contributed by atoms with E-state index in [0.717, 1.165) is 10.5 Å². The van der Waals surface area contributed by atoms with Gasteiger partial charge in [-0.2, -0.15) is 0 Å². The van der Waals surface area contributed by atoms with Crippen LogP contribution in [0.1, 0.15) is 39.7 Å². The first-order valence-corrected chi connectivity index (χ1v) is 12.2. The predicted octanol–water partition coefficient (Wildman–Crippen LogP) is 5.79. The second-order valence-electron chi connectivity index (χ2n) is 7.37. The number of ether oxygens (including phenoxy) is 4. The lowest BCUT2D eigenvalue weighted by atomic mass is 10.2. The maximum atomic E-state index is 12.0. The zero-order chi connectivity index (χ0) is 25.3. The van der Waals surface area contributed by atoms with Crippen LogP contribution in [0.15, 0.2) is 59.5 Å². The second kappa shape index (κ2) is 16.4. The molecule has 1 N–H and O–H groups in total. The van der Waals surface area contributed by atoms with Crippen molar-refractivity contribution in [3.8, 4) is 5.75 Å². The molecule has 1 atom stereocenters. The summed E-state index contributed by atoms with van der Waals surface area (Å²) in [5.41, 5.74) is 0.815. The highest BCUT2D eigenvalue weighted by Gasteiger charge is 2.24. The molecule has 0 aromatic heterocycles. The molecule has 0 aliphatic heterocycles. The van der Waals surface area contributed by atoms with Gasteiger partial charge in [0.15, 0.2) is 0 Å². The zero-order valence-electron chi connectivity index (χ0n) is 20.2. The smallest absolute Gasteiger partial charge is 0.445 e. The van der Waals surface area contributed by atoms with Crippen LogP contribution in [-0.4, -0.2) is 37.3 Å². The molecule has 2 aromatic rings. The SMILES string of the molecule is CCC.CSc1ccc(OC(=O)OC(OC(=O)CNC(=O)OCc2ccccc2)C(C)C)cc1. The Morgan fingerprint density at radius 1 is 0.941 bits per heavy atom. The van der Waals surface area contributed by atoms with E-state index >= 15 is 0 Å². The molecular formula is C25H33NO7S. The normalized spacial score (nSPS) is 10.9. The molecule has 0 spiro atoms. The summed E-state index contributed by atoms with van der Waals surface area (Å²) in [5, 5.41) is 2.29. The largest absolute Gasteiger partial charge is 0.516 e.